The van der Waals surface area contributed by atoms with Crippen LogP contribution in [0.1, 0.15) is 50.5 Å². The molecule has 1 aliphatic heterocycles. The van der Waals surface area contributed by atoms with E-state index in [9.17, 15) is 4.79 Å². The van der Waals surface area contributed by atoms with E-state index in [-0.39, 0.29) is 16.9 Å². The van der Waals surface area contributed by atoms with Crippen LogP contribution < -0.4 is 0 Å². The maximum Gasteiger partial charge on any atom is 0.253 e. The number of halogens is 1. The highest BCUT2D eigenvalue weighted by molar-refractivity contribution is 6.31. The number of carbonyl (C=O) groups is 1. The van der Waals surface area contributed by atoms with Gasteiger partial charge in [-0.3, -0.25) is 9.69 Å². The van der Waals surface area contributed by atoms with E-state index in [2.05, 4.69) is 39.5 Å². The molecule has 1 aromatic rings. The zero-order valence-electron chi connectivity index (χ0n) is 16.4. The first-order valence-electron chi connectivity index (χ1n) is 8.89. The highest BCUT2D eigenvalue weighted by Crippen LogP contribution is 2.30. The Morgan fingerprint density at radius 1 is 1.12 bits per heavy atom. The molecule has 5 heteroatoms. The number of methoxy groups -OCH3 is 1. The van der Waals surface area contributed by atoms with Crippen LogP contribution in [0.15, 0.2) is 18.2 Å². The van der Waals surface area contributed by atoms with Gasteiger partial charge in [-0.1, -0.05) is 38.4 Å². The number of benzene rings is 1. The summed E-state index contributed by atoms with van der Waals surface area (Å²) in [6, 6.07) is 5.69. The van der Waals surface area contributed by atoms with Gasteiger partial charge in [0.25, 0.3) is 5.91 Å². The van der Waals surface area contributed by atoms with Crippen LogP contribution in [0.25, 0.3) is 0 Å². The number of ether oxygens (including phenoxy) is 1. The molecule has 0 N–H and O–H groups in total. The highest BCUT2D eigenvalue weighted by Gasteiger charge is 2.31. The normalized spacial score (nSPS) is 17.0. The Balaban J connectivity index is 2.05. The van der Waals surface area contributed by atoms with Gasteiger partial charge >= 0.3 is 0 Å². The molecule has 0 unspecified atom stereocenters. The lowest BCUT2D eigenvalue weighted by molar-refractivity contribution is 0.00371. The van der Waals surface area contributed by atoms with Gasteiger partial charge in [0.15, 0.2) is 0 Å². The first kappa shape index (κ1) is 20.2. The second-order valence-corrected chi connectivity index (χ2v) is 8.88. The monoisotopic (exact) mass is 366 g/mol. The van der Waals surface area contributed by atoms with Crippen molar-refractivity contribution in [3.63, 3.8) is 0 Å². The van der Waals surface area contributed by atoms with E-state index in [4.69, 9.17) is 16.3 Å². The van der Waals surface area contributed by atoms with Crippen molar-refractivity contribution in [2.75, 3.05) is 39.9 Å². The van der Waals surface area contributed by atoms with Crippen molar-refractivity contribution in [3.8, 4) is 0 Å². The van der Waals surface area contributed by atoms with Crippen molar-refractivity contribution in [2.24, 2.45) is 0 Å². The van der Waals surface area contributed by atoms with Crippen LogP contribution in [0.3, 0.4) is 0 Å². The minimum atomic E-state index is -0.0305. The molecule has 0 aliphatic carbocycles. The third-order valence-electron chi connectivity index (χ3n) is 4.94. The quantitative estimate of drug-likeness (QED) is 0.812. The summed E-state index contributed by atoms with van der Waals surface area (Å²) in [5.41, 5.74) is 1.69. The van der Waals surface area contributed by atoms with E-state index in [1.807, 2.05) is 23.1 Å². The highest BCUT2D eigenvalue weighted by atomic mass is 35.5. The van der Waals surface area contributed by atoms with Gasteiger partial charge in [-0.05, 0) is 37.0 Å². The predicted octanol–water partition coefficient (Wildman–Crippen LogP) is 3.82. The summed E-state index contributed by atoms with van der Waals surface area (Å²) in [5, 5.41) is 0.665. The molecule has 0 saturated carbocycles. The van der Waals surface area contributed by atoms with E-state index >= 15 is 0 Å². The molecule has 140 valence electrons. The molecular formula is C20H31ClN2O2. The number of amides is 1. The van der Waals surface area contributed by atoms with Crippen molar-refractivity contribution < 1.29 is 9.53 Å². The second kappa shape index (κ2) is 7.65. The molecule has 2 rings (SSSR count). The number of nitrogens with zero attached hydrogens (tertiary/aromatic N) is 2. The Bertz CT molecular complexity index is 615. The Kier molecular flexibility index (Phi) is 6.18. The second-order valence-electron chi connectivity index (χ2n) is 8.47. The number of hydrogen-bond acceptors (Lipinski definition) is 3. The van der Waals surface area contributed by atoms with Gasteiger partial charge in [-0.25, -0.2) is 0 Å². The van der Waals surface area contributed by atoms with Crippen LogP contribution in [-0.4, -0.2) is 61.1 Å². The number of rotatable bonds is 4. The molecule has 1 aromatic carbocycles. The zero-order chi connectivity index (χ0) is 18.8. The SMILES string of the molecule is COCC(C)(C)N1CCN(C(=O)c2ccc(C(C)(C)C)c(Cl)c2)CC1. The van der Waals surface area contributed by atoms with E-state index < -0.39 is 0 Å². The molecule has 4 nitrogen and oxygen atoms in total. The molecule has 1 heterocycles. The van der Waals surface area contributed by atoms with Crippen LogP contribution >= 0.6 is 11.6 Å². The Hall–Kier alpha value is -1.10. The van der Waals surface area contributed by atoms with Gasteiger partial charge in [-0.15, -0.1) is 0 Å². The van der Waals surface area contributed by atoms with Crippen LogP contribution in [0, 0.1) is 0 Å². The van der Waals surface area contributed by atoms with Crippen molar-refractivity contribution in [3.05, 3.63) is 34.3 Å². The Morgan fingerprint density at radius 3 is 2.20 bits per heavy atom. The summed E-state index contributed by atoms with van der Waals surface area (Å²) < 4.78 is 5.32. The van der Waals surface area contributed by atoms with Crippen molar-refractivity contribution in [1.82, 2.24) is 9.80 Å². The largest absolute Gasteiger partial charge is 0.383 e. The Labute approximate surface area is 157 Å². The summed E-state index contributed by atoms with van der Waals surface area (Å²) in [5.74, 6) is 0.0616. The fraction of sp³-hybridized carbons (Fsp3) is 0.650. The molecule has 0 spiro atoms. The lowest BCUT2D eigenvalue weighted by atomic mass is 9.86. The molecule has 1 fully saturated rings. The average molecular weight is 367 g/mol. The molecule has 0 bridgehead atoms. The van der Waals surface area contributed by atoms with Gasteiger partial charge in [0.2, 0.25) is 0 Å². The lowest BCUT2D eigenvalue weighted by Crippen LogP contribution is -2.57. The van der Waals surface area contributed by atoms with Crippen LogP contribution in [0.5, 0.6) is 0 Å². The molecule has 1 amide bonds. The van der Waals surface area contributed by atoms with Crippen LogP contribution in [0.2, 0.25) is 5.02 Å². The first-order valence-corrected chi connectivity index (χ1v) is 9.27. The summed E-state index contributed by atoms with van der Waals surface area (Å²) in [6.45, 7) is 14.6. The van der Waals surface area contributed by atoms with Crippen LogP contribution in [-0.2, 0) is 10.2 Å². The van der Waals surface area contributed by atoms with Crippen molar-refractivity contribution >= 4 is 17.5 Å². The molecule has 0 aromatic heterocycles. The topological polar surface area (TPSA) is 32.8 Å². The standard InChI is InChI=1S/C20H31ClN2O2/c1-19(2,3)16-8-7-15(13-17(16)21)18(24)22-9-11-23(12-10-22)20(4,5)14-25-6/h7-8,13H,9-12,14H2,1-6H3. The summed E-state index contributed by atoms with van der Waals surface area (Å²) >= 11 is 6.42. The summed E-state index contributed by atoms with van der Waals surface area (Å²) in [4.78, 5) is 17.1. The van der Waals surface area contributed by atoms with Gasteiger partial charge in [0.1, 0.15) is 0 Å². The van der Waals surface area contributed by atoms with E-state index in [0.717, 1.165) is 31.7 Å². The fourth-order valence-electron chi connectivity index (χ4n) is 3.40. The predicted molar refractivity (Wildman–Crippen MR) is 104 cm³/mol. The number of piperazine rings is 1. The molecule has 1 aliphatic rings. The molecule has 0 atom stereocenters. The molecular weight excluding hydrogens is 336 g/mol. The third kappa shape index (κ3) is 4.75. The maximum atomic E-state index is 12.8. The summed E-state index contributed by atoms with van der Waals surface area (Å²) in [6.07, 6.45) is 0. The van der Waals surface area contributed by atoms with Gasteiger partial charge in [0.05, 0.1) is 6.61 Å². The van der Waals surface area contributed by atoms with Gasteiger partial charge in [0, 0.05) is 49.4 Å². The van der Waals surface area contributed by atoms with E-state index in [0.29, 0.717) is 17.2 Å². The fourth-order valence-corrected chi connectivity index (χ4v) is 3.86. The van der Waals surface area contributed by atoms with Gasteiger partial charge in [-0.2, -0.15) is 0 Å². The third-order valence-corrected chi connectivity index (χ3v) is 5.26. The van der Waals surface area contributed by atoms with Crippen molar-refractivity contribution in [1.29, 1.82) is 0 Å². The summed E-state index contributed by atoms with van der Waals surface area (Å²) in [7, 11) is 1.73. The number of hydrogen-bond donors (Lipinski definition) is 0. The van der Waals surface area contributed by atoms with E-state index in [1.165, 1.54) is 0 Å². The van der Waals surface area contributed by atoms with Crippen LogP contribution in [0.4, 0.5) is 0 Å². The molecule has 1 saturated heterocycles. The first-order chi connectivity index (χ1) is 11.6. The van der Waals surface area contributed by atoms with E-state index in [1.54, 1.807) is 7.11 Å². The number of carbonyl (C=O) groups excluding carboxylic acids is 1. The minimum absolute atomic E-state index is 0.0123. The molecule has 0 radical (unpaired) electrons. The van der Waals surface area contributed by atoms with Crippen molar-refractivity contribution in [2.45, 2.75) is 45.6 Å². The average Bonchev–Trinajstić information content (AvgIpc) is 2.53. The molecule has 25 heavy (non-hydrogen) atoms. The minimum Gasteiger partial charge on any atom is -0.383 e. The smallest absolute Gasteiger partial charge is 0.253 e. The lowest BCUT2D eigenvalue weighted by Gasteiger charge is -2.43. The zero-order valence-corrected chi connectivity index (χ0v) is 17.1. The van der Waals surface area contributed by atoms with Gasteiger partial charge < -0.3 is 9.64 Å². The maximum absolute atomic E-state index is 12.8. The Morgan fingerprint density at radius 2 is 1.72 bits per heavy atom.